The Hall–Kier alpha value is -2.08. The minimum Gasteiger partial charge on any atom is -0.497 e. The van der Waals surface area contributed by atoms with E-state index in [4.69, 9.17) is 4.74 Å². The van der Waals surface area contributed by atoms with Gasteiger partial charge in [0.05, 0.1) is 19.1 Å². The number of nitrogens with zero attached hydrogens (tertiary/aromatic N) is 2. The first kappa shape index (κ1) is 23.2. The second-order valence-electron chi connectivity index (χ2n) is 7.98. The molecule has 2 amide bonds. The van der Waals surface area contributed by atoms with Gasteiger partial charge in [-0.15, -0.1) is 0 Å². The summed E-state index contributed by atoms with van der Waals surface area (Å²) in [6.45, 7) is 11.6. The average molecular weight is 404 g/mol. The lowest BCUT2D eigenvalue weighted by Gasteiger charge is -2.29. The van der Waals surface area contributed by atoms with Crippen LogP contribution in [0.2, 0.25) is 0 Å². The number of hydrogen-bond acceptors (Lipinski definition) is 4. The Morgan fingerprint density at radius 2 is 1.97 bits per heavy atom. The van der Waals surface area contributed by atoms with Gasteiger partial charge < -0.3 is 15.0 Å². The monoisotopic (exact) mass is 403 g/mol. The molecule has 0 radical (unpaired) electrons. The van der Waals surface area contributed by atoms with E-state index in [0.717, 1.165) is 37.2 Å². The number of methoxy groups -OCH3 is 1. The second kappa shape index (κ2) is 11.2. The normalized spacial score (nSPS) is 19.3. The van der Waals surface area contributed by atoms with Crippen molar-refractivity contribution in [3.05, 3.63) is 29.8 Å². The molecule has 1 aromatic carbocycles. The number of nitrogens with one attached hydrogen (secondary N) is 1. The van der Waals surface area contributed by atoms with Crippen molar-refractivity contribution >= 4 is 11.8 Å². The van der Waals surface area contributed by atoms with E-state index >= 15 is 0 Å². The third kappa shape index (κ3) is 5.95. The summed E-state index contributed by atoms with van der Waals surface area (Å²) in [5.74, 6) is 0.448. The van der Waals surface area contributed by atoms with E-state index in [1.807, 2.05) is 29.2 Å². The van der Waals surface area contributed by atoms with Gasteiger partial charge in [0.2, 0.25) is 11.8 Å². The Labute approximate surface area is 175 Å². The van der Waals surface area contributed by atoms with Gasteiger partial charge in [-0.2, -0.15) is 0 Å². The minimum atomic E-state index is -0.359. The number of carbonyl (C=O) groups excluding carboxylic acids is 2. The van der Waals surface area contributed by atoms with Crippen LogP contribution in [0.4, 0.5) is 0 Å². The molecule has 1 aliphatic heterocycles. The SMILES string of the molecule is CCCCN1C(=O)CC(C(=O)NCCN(CC)C(C)C)C1c1ccc(OC)cc1. The van der Waals surface area contributed by atoms with Gasteiger partial charge in [-0.1, -0.05) is 32.4 Å². The van der Waals surface area contributed by atoms with Crippen molar-refractivity contribution in [2.24, 2.45) is 5.92 Å². The third-order valence-electron chi connectivity index (χ3n) is 5.81. The molecular weight excluding hydrogens is 366 g/mol. The highest BCUT2D eigenvalue weighted by Crippen LogP contribution is 2.39. The smallest absolute Gasteiger partial charge is 0.226 e. The topological polar surface area (TPSA) is 61.9 Å². The summed E-state index contributed by atoms with van der Waals surface area (Å²) in [7, 11) is 1.63. The summed E-state index contributed by atoms with van der Waals surface area (Å²) in [4.78, 5) is 30.0. The Kier molecular flexibility index (Phi) is 8.96. The first-order valence-corrected chi connectivity index (χ1v) is 10.9. The van der Waals surface area contributed by atoms with Crippen molar-refractivity contribution in [1.82, 2.24) is 15.1 Å². The molecule has 0 spiro atoms. The highest BCUT2D eigenvalue weighted by atomic mass is 16.5. The molecule has 1 aromatic rings. The van der Waals surface area contributed by atoms with Crippen molar-refractivity contribution in [3.8, 4) is 5.75 Å². The quantitative estimate of drug-likeness (QED) is 0.616. The lowest BCUT2D eigenvalue weighted by Crippen LogP contribution is -2.41. The average Bonchev–Trinajstić information content (AvgIpc) is 3.05. The van der Waals surface area contributed by atoms with Crippen LogP contribution in [0.1, 0.15) is 58.6 Å². The summed E-state index contributed by atoms with van der Waals surface area (Å²) in [5.41, 5.74) is 0.991. The first-order valence-electron chi connectivity index (χ1n) is 10.9. The predicted molar refractivity (Wildman–Crippen MR) is 116 cm³/mol. The molecule has 1 aliphatic rings. The lowest BCUT2D eigenvalue weighted by molar-refractivity contribution is -0.129. The zero-order valence-corrected chi connectivity index (χ0v) is 18.6. The lowest BCUT2D eigenvalue weighted by atomic mass is 9.92. The van der Waals surface area contributed by atoms with Gasteiger partial charge in [-0.05, 0) is 44.5 Å². The molecule has 0 saturated carbocycles. The molecule has 1 saturated heterocycles. The van der Waals surface area contributed by atoms with Gasteiger partial charge in [-0.3, -0.25) is 14.5 Å². The number of rotatable bonds is 11. The molecule has 6 nitrogen and oxygen atoms in total. The highest BCUT2D eigenvalue weighted by molar-refractivity contribution is 5.90. The molecule has 0 bridgehead atoms. The summed E-state index contributed by atoms with van der Waals surface area (Å²) < 4.78 is 5.26. The summed E-state index contributed by atoms with van der Waals surface area (Å²) in [6.07, 6.45) is 2.22. The van der Waals surface area contributed by atoms with Gasteiger partial charge in [-0.25, -0.2) is 0 Å². The maximum absolute atomic E-state index is 13.0. The van der Waals surface area contributed by atoms with Crippen LogP contribution in [-0.2, 0) is 9.59 Å². The predicted octanol–water partition coefficient (Wildman–Crippen LogP) is 3.23. The molecule has 162 valence electrons. The van der Waals surface area contributed by atoms with Gasteiger partial charge in [0.15, 0.2) is 0 Å². The molecule has 2 atom stereocenters. The Morgan fingerprint density at radius 1 is 1.28 bits per heavy atom. The second-order valence-corrected chi connectivity index (χ2v) is 7.98. The van der Waals surface area contributed by atoms with E-state index in [9.17, 15) is 9.59 Å². The van der Waals surface area contributed by atoms with Crippen LogP contribution in [0.25, 0.3) is 0 Å². The van der Waals surface area contributed by atoms with Crippen LogP contribution < -0.4 is 10.1 Å². The maximum atomic E-state index is 13.0. The minimum absolute atomic E-state index is 0.0297. The molecular formula is C23H37N3O3. The number of ether oxygens (including phenoxy) is 1. The number of unbranched alkanes of at least 4 members (excludes halogenated alkanes) is 1. The summed E-state index contributed by atoms with van der Waals surface area (Å²) >= 11 is 0. The molecule has 2 unspecified atom stereocenters. The van der Waals surface area contributed by atoms with Crippen molar-refractivity contribution in [2.75, 3.05) is 33.3 Å². The van der Waals surface area contributed by atoms with Gasteiger partial charge in [0, 0.05) is 32.1 Å². The summed E-state index contributed by atoms with van der Waals surface area (Å²) in [6, 6.07) is 7.96. The Bertz CT molecular complexity index is 660. The molecule has 0 aliphatic carbocycles. The van der Waals surface area contributed by atoms with Crippen LogP contribution in [0, 0.1) is 5.92 Å². The molecule has 1 heterocycles. The van der Waals surface area contributed by atoms with Gasteiger partial charge >= 0.3 is 0 Å². The highest BCUT2D eigenvalue weighted by Gasteiger charge is 2.44. The van der Waals surface area contributed by atoms with E-state index in [0.29, 0.717) is 19.1 Å². The van der Waals surface area contributed by atoms with Crippen LogP contribution in [0.3, 0.4) is 0 Å². The number of likely N-dealkylation sites (tertiary alicyclic amines) is 1. The van der Waals surface area contributed by atoms with Crippen molar-refractivity contribution in [1.29, 1.82) is 0 Å². The van der Waals surface area contributed by atoms with E-state index in [2.05, 4.69) is 37.9 Å². The maximum Gasteiger partial charge on any atom is 0.226 e. The number of benzene rings is 1. The zero-order valence-electron chi connectivity index (χ0n) is 18.6. The summed E-state index contributed by atoms with van der Waals surface area (Å²) in [5, 5.41) is 3.08. The van der Waals surface area contributed by atoms with Gasteiger partial charge in [0.25, 0.3) is 0 Å². The molecule has 2 rings (SSSR count). The van der Waals surface area contributed by atoms with Crippen LogP contribution in [0.5, 0.6) is 5.75 Å². The fourth-order valence-corrected chi connectivity index (χ4v) is 4.07. The number of likely N-dealkylation sites (N-methyl/N-ethyl adjacent to an activating group) is 1. The van der Waals surface area contributed by atoms with Crippen molar-refractivity contribution in [2.45, 2.75) is 59.0 Å². The number of hydrogen-bond donors (Lipinski definition) is 1. The van der Waals surface area contributed by atoms with E-state index < -0.39 is 0 Å². The van der Waals surface area contributed by atoms with Crippen molar-refractivity contribution < 1.29 is 14.3 Å². The number of amides is 2. The van der Waals surface area contributed by atoms with E-state index in [1.165, 1.54) is 0 Å². The largest absolute Gasteiger partial charge is 0.497 e. The molecule has 29 heavy (non-hydrogen) atoms. The standard InChI is InChI=1S/C23H37N3O3/c1-6-8-14-26-21(27)16-20(22(26)18-9-11-19(29-5)12-10-18)23(28)24-13-15-25(7-2)17(3)4/h9-12,17,20,22H,6-8,13-16H2,1-5H3,(H,24,28). The van der Waals surface area contributed by atoms with Crippen LogP contribution in [-0.4, -0.2) is 60.9 Å². The van der Waals surface area contributed by atoms with Gasteiger partial charge in [0.1, 0.15) is 5.75 Å². The zero-order chi connectivity index (χ0) is 21.4. The van der Waals surface area contributed by atoms with Crippen LogP contribution in [0.15, 0.2) is 24.3 Å². The number of carbonyl (C=O) groups is 2. The van der Waals surface area contributed by atoms with E-state index in [-0.39, 0.29) is 30.2 Å². The molecule has 1 N–H and O–H groups in total. The van der Waals surface area contributed by atoms with E-state index in [1.54, 1.807) is 7.11 Å². The fourth-order valence-electron chi connectivity index (χ4n) is 4.07. The van der Waals surface area contributed by atoms with Crippen molar-refractivity contribution in [3.63, 3.8) is 0 Å². The first-order chi connectivity index (χ1) is 13.9. The third-order valence-corrected chi connectivity index (χ3v) is 5.81. The molecule has 0 aromatic heterocycles. The molecule has 6 heteroatoms. The molecule has 1 fully saturated rings. The Morgan fingerprint density at radius 3 is 2.52 bits per heavy atom. The fraction of sp³-hybridized carbons (Fsp3) is 0.652. The Balaban J connectivity index is 2.14. The van der Waals surface area contributed by atoms with Crippen LogP contribution >= 0.6 is 0 Å².